The molecule has 1 aliphatic carbocycles. The maximum atomic E-state index is 4.92. The lowest BCUT2D eigenvalue weighted by atomic mass is 9.77. The molecule has 2 aliphatic rings. The molecule has 1 aliphatic heterocycles. The van der Waals surface area contributed by atoms with E-state index in [1.54, 1.807) is 10.8 Å². The third-order valence-corrected chi connectivity index (χ3v) is 15.6. The fraction of sp³-hybridized carbons (Fsp3) is 0.386. The first-order chi connectivity index (χ1) is 29.7. The van der Waals surface area contributed by atoms with E-state index in [1.807, 2.05) is 0 Å². The van der Waals surface area contributed by atoms with Gasteiger partial charge in [-0.15, -0.1) is 0 Å². The number of para-hydroxylation sites is 4. The predicted octanol–water partition coefficient (Wildman–Crippen LogP) is 14.9. The maximum Gasteiger partial charge on any atom is 0.213 e. The van der Waals surface area contributed by atoms with E-state index >= 15 is 0 Å². The van der Waals surface area contributed by atoms with Crippen LogP contribution >= 0.6 is 0 Å². The first kappa shape index (κ1) is 44.9. The topological polar surface area (TPSA) is 31.2 Å². The van der Waals surface area contributed by atoms with Crippen molar-refractivity contribution in [1.29, 1.82) is 0 Å². The van der Waals surface area contributed by atoms with E-state index < -0.39 is 8.07 Å². The highest BCUT2D eigenvalue weighted by Crippen LogP contribution is 2.45. The van der Waals surface area contributed by atoms with Gasteiger partial charge in [0.05, 0.1) is 25.9 Å². The fourth-order valence-electron chi connectivity index (χ4n) is 10.3. The Hall–Kier alpha value is -5.13. The molecule has 5 aromatic rings. The van der Waals surface area contributed by atoms with Crippen molar-refractivity contribution in [3.05, 3.63) is 168 Å². The van der Waals surface area contributed by atoms with E-state index in [4.69, 9.17) is 6.58 Å². The van der Waals surface area contributed by atoms with Crippen molar-refractivity contribution in [3.63, 3.8) is 0 Å². The van der Waals surface area contributed by atoms with E-state index in [2.05, 4.69) is 203 Å². The Morgan fingerprint density at radius 1 is 0.839 bits per heavy atom. The van der Waals surface area contributed by atoms with Crippen LogP contribution in [-0.2, 0) is 6.42 Å². The molecule has 2 heterocycles. The summed E-state index contributed by atoms with van der Waals surface area (Å²) in [7, 11) is 0.499. The largest absolute Gasteiger partial charge is 0.359 e. The molecule has 1 saturated carbocycles. The maximum absolute atomic E-state index is 4.92. The zero-order chi connectivity index (χ0) is 44.1. The molecule has 4 aromatic carbocycles. The summed E-state index contributed by atoms with van der Waals surface area (Å²) in [5.41, 5.74) is 16.4. The standard InChI is InChI=1S/C57H73N4Si/c1-39(2)47-28-21-29-48(40(3)4)57(47)59-52-30-19-20-31-53(52)60(8)43(7)35-54-51(33-32-41(5)34-42(6)58-46-24-13-12-14-25-46)49-26-17-18-27-50(49)55-37-45(36-44-22-15-16-23-44)56(38-61(54)55)62(9,10)11/h12-14,17-21,24-31,34,37-40,44,51,54,58-59H,5,7,15-16,22-23,32-33,35-36H2,1-4,6,8-11H3/q+1/b42-34+. The van der Waals surface area contributed by atoms with Gasteiger partial charge in [-0.2, -0.15) is 4.57 Å². The number of nitrogens with zero attached hydrogens (tertiary/aromatic N) is 2. The molecule has 2 atom stereocenters. The Labute approximate surface area is 375 Å². The summed E-state index contributed by atoms with van der Waals surface area (Å²) in [5.74, 6) is 1.86. The van der Waals surface area contributed by atoms with Gasteiger partial charge in [-0.25, -0.2) is 0 Å². The molecule has 0 bridgehead atoms. The molecule has 4 nitrogen and oxygen atoms in total. The van der Waals surface area contributed by atoms with Gasteiger partial charge in [0.2, 0.25) is 5.69 Å². The van der Waals surface area contributed by atoms with Crippen LogP contribution in [0.25, 0.3) is 11.3 Å². The Morgan fingerprint density at radius 3 is 2.16 bits per heavy atom. The van der Waals surface area contributed by atoms with Crippen LogP contribution in [0.3, 0.4) is 0 Å². The van der Waals surface area contributed by atoms with Crippen LogP contribution in [0.1, 0.15) is 126 Å². The average Bonchev–Trinajstić information content (AvgIpc) is 3.76. The van der Waals surface area contributed by atoms with Crippen LogP contribution in [0.15, 0.2) is 146 Å². The highest BCUT2D eigenvalue weighted by Gasteiger charge is 2.42. The van der Waals surface area contributed by atoms with Crippen molar-refractivity contribution >= 4 is 36.0 Å². The van der Waals surface area contributed by atoms with Gasteiger partial charge >= 0.3 is 0 Å². The third kappa shape index (κ3) is 10.2. The zero-order valence-corrected chi connectivity index (χ0v) is 40.3. The van der Waals surface area contributed by atoms with E-state index in [0.717, 1.165) is 59.2 Å². The Bertz CT molecular complexity index is 2370. The first-order valence-corrected chi connectivity index (χ1v) is 27.0. The van der Waals surface area contributed by atoms with Crippen LogP contribution in [0.5, 0.6) is 0 Å². The van der Waals surface area contributed by atoms with Crippen molar-refractivity contribution < 1.29 is 4.57 Å². The number of anilines is 4. The van der Waals surface area contributed by atoms with Gasteiger partial charge in [0.25, 0.3) is 0 Å². The highest BCUT2D eigenvalue weighted by atomic mass is 28.3. The fourth-order valence-corrected chi connectivity index (χ4v) is 11.9. The molecule has 7 rings (SSSR count). The quantitative estimate of drug-likeness (QED) is 0.0556. The molecule has 0 saturated heterocycles. The summed E-state index contributed by atoms with van der Waals surface area (Å²) in [6, 6.07) is 38.0. The minimum Gasteiger partial charge on any atom is -0.359 e. The van der Waals surface area contributed by atoms with E-state index in [1.165, 1.54) is 65.7 Å². The van der Waals surface area contributed by atoms with E-state index in [0.29, 0.717) is 11.8 Å². The molecule has 1 fully saturated rings. The molecular weight excluding hydrogens is 769 g/mol. The SMILES string of the molecule is C=C(/C=C(\C)Nc1ccccc1)CCC1c2ccccc2-c2cc(CC3CCCC3)c([Si](C)(C)C)c[n+]2C1CC(=C)N(C)c1ccccc1Nc1c(C(C)C)cccc1C(C)C. The lowest BCUT2D eigenvalue weighted by molar-refractivity contribution is -0.717. The third-order valence-electron chi connectivity index (χ3n) is 13.6. The van der Waals surface area contributed by atoms with Crippen molar-refractivity contribution in [2.24, 2.45) is 5.92 Å². The molecule has 1 aromatic heterocycles. The van der Waals surface area contributed by atoms with E-state index in [-0.39, 0.29) is 12.0 Å². The molecular formula is C57H73N4Si+. The minimum atomic E-state index is -1.71. The Morgan fingerprint density at radius 2 is 1.48 bits per heavy atom. The molecule has 2 N–H and O–H groups in total. The number of rotatable bonds is 17. The number of allylic oxidation sites excluding steroid dienone is 4. The van der Waals surface area contributed by atoms with Crippen molar-refractivity contribution in [3.8, 4) is 11.3 Å². The lowest BCUT2D eigenvalue weighted by Gasteiger charge is -2.35. The second kappa shape index (κ2) is 19.5. The second-order valence-corrected chi connectivity index (χ2v) is 25.0. The van der Waals surface area contributed by atoms with Gasteiger partial charge in [-0.1, -0.05) is 158 Å². The minimum absolute atomic E-state index is 0.181. The Kier molecular flexibility index (Phi) is 14.1. The summed E-state index contributed by atoms with van der Waals surface area (Å²) in [6.45, 7) is 28.4. The summed E-state index contributed by atoms with van der Waals surface area (Å²) in [5, 5.41) is 9.15. The molecule has 62 heavy (non-hydrogen) atoms. The number of aromatic nitrogens is 1. The lowest BCUT2D eigenvalue weighted by Crippen LogP contribution is -2.54. The van der Waals surface area contributed by atoms with Gasteiger partial charge in [0.15, 0.2) is 12.2 Å². The smallest absolute Gasteiger partial charge is 0.213 e. The normalized spacial score (nSPS) is 16.6. The number of nitrogens with one attached hydrogen (secondary N) is 2. The number of hydrogen-bond donors (Lipinski definition) is 2. The molecule has 2 unspecified atom stereocenters. The van der Waals surface area contributed by atoms with Gasteiger partial charge in [0, 0.05) is 52.6 Å². The van der Waals surface area contributed by atoms with Crippen LogP contribution in [0.4, 0.5) is 22.7 Å². The van der Waals surface area contributed by atoms with Gasteiger partial charge < -0.3 is 15.5 Å². The van der Waals surface area contributed by atoms with Crippen molar-refractivity contribution in [2.75, 3.05) is 22.6 Å². The first-order valence-electron chi connectivity index (χ1n) is 23.5. The molecule has 324 valence electrons. The average molecular weight is 842 g/mol. The zero-order valence-electron chi connectivity index (χ0n) is 39.3. The predicted molar refractivity (Wildman–Crippen MR) is 271 cm³/mol. The summed E-state index contributed by atoms with van der Waals surface area (Å²) < 4.78 is 2.70. The van der Waals surface area contributed by atoms with Gasteiger partial charge in [-0.05, 0) is 103 Å². The van der Waals surface area contributed by atoms with Crippen LogP contribution in [0, 0.1) is 5.92 Å². The number of benzene rings is 4. The van der Waals surface area contributed by atoms with Gasteiger partial charge in [0.1, 0.15) is 0 Å². The molecule has 0 amide bonds. The van der Waals surface area contributed by atoms with Crippen LogP contribution in [-0.4, -0.2) is 15.1 Å². The molecule has 0 spiro atoms. The monoisotopic (exact) mass is 842 g/mol. The summed E-state index contributed by atoms with van der Waals surface area (Å²) in [4.78, 5) is 2.35. The number of fused-ring (bicyclic) bond motifs is 3. The van der Waals surface area contributed by atoms with Gasteiger partial charge in [-0.3, -0.25) is 0 Å². The summed E-state index contributed by atoms with van der Waals surface area (Å²) >= 11 is 0. The number of pyridine rings is 1. The molecule has 0 radical (unpaired) electrons. The highest BCUT2D eigenvalue weighted by molar-refractivity contribution is 6.89. The molecule has 5 heteroatoms. The van der Waals surface area contributed by atoms with Crippen molar-refractivity contribution in [2.45, 2.75) is 129 Å². The van der Waals surface area contributed by atoms with Crippen molar-refractivity contribution in [1.82, 2.24) is 0 Å². The van der Waals surface area contributed by atoms with E-state index in [9.17, 15) is 0 Å². The van der Waals surface area contributed by atoms with Crippen LogP contribution < -0.4 is 25.3 Å². The second-order valence-electron chi connectivity index (χ2n) is 20.0. The van der Waals surface area contributed by atoms with Crippen LogP contribution in [0.2, 0.25) is 19.6 Å². The number of hydrogen-bond acceptors (Lipinski definition) is 3. The Balaban J connectivity index is 1.27. The summed E-state index contributed by atoms with van der Waals surface area (Å²) in [6.07, 6.45) is 14.2.